The van der Waals surface area contributed by atoms with Gasteiger partial charge in [-0.2, -0.15) is 13.2 Å². The molecule has 0 saturated heterocycles. The Morgan fingerprint density at radius 2 is 1.88 bits per heavy atom. The molecule has 4 rings (SSSR count). The molecule has 0 saturated carbocycles. The second kappa shape index (κ2) is 8.48. The maximum Gasteiger partial charge on any atom is 0.416 e. The van der Waals surface area contributed by atoms with Crippen LogP contribution in [0.2, 0.25) is 0 Å². The first-order valence-electron chi connectivity index (χ1n) is 9.62. The van der Waals surface area contributed by atoms with Crippen LogP contribution in [-0.2, 0) is 31.5 Å². The number of rotatable bonds is 4. The number of carbonyl (C=O) groups is 1. The lowest BCUT2D eigenvalue weighted by atomic mass is 10.1. The molecule has 3 aromatic heterocycles. The molecule has 1 amide bonds. The molecule has 0 aliphatic carbocycles. The van der Waals surface area contributed by atoms with Crippen LogP contribution >= 0.6 is 11.3 Å². The van der Waals surface area contributed by atoms with E-state index >= 15 is 0 Å². The number of anilines is 1. The SMILES string of the molecule is Cn1c(=O)c2c(CC(=O)Nc3nc(-c4ccc(C(F)(F)F)cc4F)cs3)cncc2n(C)c1=O. The van der Waals surface area contributed by atoms with Crippen molar-refractivity contribution in [3.05, 3.63) is 73.8 Å². The summed E-state index contributed by atoms with van der Waals surface area (Å²) in [6.07, 6.45) is -2.24. The van der Waals surface area contributed by atoms with Gasteiger partial charge in [0.15, 0.2) is 5.13 Å². The van der Waals surface area contributed by atoms with Crippen molar-refractivity contribution in [2.45, 2.75) is 12.6 Å². The van der Waals surface area contributed by atoms with E-state index in [4.69, 9.17) is 0 Å². The molecule has 0 atom stereocenters. The average molecular weight is 493 g/mol. The number of hydrogen-bond donors (Lipinski definition) is 1. The Kier molecular flexibility index (Phi) is 5.81. The fraction of sp³-hybridized carbons (Fsp3) is 0.190. The monoisotopic (exact) mass is 493 g/mol. The fourth-order valence-corrected chi connectivity index (χ4v) is 4.13. The van der Waals surface area contributed by atoms with Gasteiger partial charge in [0, 0.05) is 31.2 Å². The van der Waals surface area contributed by atoms with E-state index in [-0.39, 0.29) is 39.3 Å². The molecule has 1 aromatic carbocycles. The lowest BCUT2D eigenvalue weighted by Gasteiger charge is -2.10. The quantitative estimate of drug-likeness (QED) is 0.441. The van der Waals surface area contributed by atoms with Gasteiger partial charge in [-0.15, -0.1) is 11.3 Å². The first-order chi connectivity index (χ1) is 16.0. The molecule has 13 heteroatoms. The average Bonchev–Trinajstić information content (AvgIpc) is 3.23. The van der Waals surface area contributed by atoms with Gasteiger partial charge < -0.3 is 5.32 Å². The molecule has 0 unspecified atom stereocenters. The molecule has 176 valence electrons. The van der Waals surface area contributed by atoms with Crippen molar-refractivity contribution in [3.8, 4) is 11.3 Å². The number of nitrogens with zero attached hydrogens (tertiary/aromatic N) is 4. The van der Waals surface area contributed by atoms with Crippen molar-refractivity contribution in [2.24, 2.45) is 14.1 Å². The van der Waals surface area contributed by atoms with E-state index in [0.717, 1.165) is 28.0 Å². The third kappa shape index (κ3) is 4.21. The number of benzene rings is 1. The van der Waals surface area contributed by atoms with Crippen molar-refractivity contribution < 1.29 is 22.4 Å². The van der Waals surface area contributed by atoms with Crippen molar-refractivity contribution >= 4 is 33.3 Å². The Hall–Kier alpha value is -3.87. The van der Waals surface area contributed by atoms with Crippen LogP contribution in [0.4, 0.5) is 22.7 Å². The number of pyridine rings is 1. The topological polar surface area (TPSA) is 98.9 Å². The van der Waals surface area contributed by atoms with E-state index in [1.165, 1.54) is 36.4 Å². The molecule has 0 bridgehead atoms. The molecule has 1 N–H and O–H groups in total. The van der Waals surface area contributed by atoms with Crippen LogP contribution in [0.25, 0.3) is 22.2 Å². The van der Waals surface area contributed by atoms with Crippen molar-refractivity contribution in [2.75, 3.05) is 5.32 Å². The van der Waals surface area contributed by atoms with E-state index in [9.17, 15) is 31.9 Å². The first-order valence-corrected chi connectivity index (χ1v) is 10.5. The minimum absolute atomic E-state index is 0.0576. The van der Waals surface area contributed by atoms with E-state index in [1.807, 2.05) is 0 Å². The van der Waals surface area contributed by atoms with E-state index < -0.39 is 34.7 Å². The fourth-order valence-electron chi connectivity index (χ4n) is 3.40. The zero-order valence-corrected chi connectivity index (χ0v) is 18.4. The van der Waals surface area contributed by atoms with Gasteiger partial charge in [-0.25, -0.2) is 14.2 Å². The summed E-state index contributed by atoms with van der Waals surface area (Å²) in [4.78, 5) is 45.4. The van der Waals surface area contributed by atoms with Crippen molar-refractivity contribution in [1.82, 2.24) is 19.1 Å². The van der Waals surface area contributed by atoms with Gasteiger partial charge in [-0.3, -0.25) is 23.7 Å². The van der Waals surface area contributed by atoms with Crippen LogP contribution in [-0.4, -0.2) is 25.0 Å². The summed E-state index contributed by atoms with van der Waals surface area (Å²) < 4.78 is 54.6. The number of aromatic nitrogens is 4. The lowest BCUT2D eigenvalue weighted by molar-refractivity contribution is -0.137. The van der Waals surface area contributed by atoms with Crippen LogP contribution in [0.1, 0.15) is 11.1 Å². The van der Waals surface area contributed by atoms with Gasteiger partial charge in [0.05, 0.1) is 34.8 Å². The first kappa shape index (κ1) is 23.3. The largest absolute Gasteiger partial charge is 0.416 e. The Morgan fingerprint density at radius 3 is 2.56 bits per heavy atom. The molecule has 0 radical (unpaired) electrons. The second-order valence-corrected chi connectivity index (χ2v) is 8.21. The number of carbonyl (C=O) groups excluding carboxylic acids is 1. The van der Waals surface area contributed by atoms with Crippen LogP contribution in [0.15, 0.2) is 45.6 Å². The third-order valence-electron chi connectivity index (χ3n) is 5.13. The van der Waals surface area contributed by atoms with Gasteiger partial charge >= 0.3 is 11.9 Å². The highest BCUT2D eigenvalue weighted by Gasteiger charge is 2.31. The van der Waals surface area contributed by atoms with Crippen LogP contribution in [0.5, 0.6) is 0 Å². The summed E-state index contributed by atoms with van der Waals surface area (Å²) >= 11 is 0.956. The highest BCUT2D eigenvalue weighted by molar-refractivity contribution is 7.14. The summed E-state index contributed by atoms with van der Waals surface area (Å²) in [6.45, 7) is 0. The summed E-state index contributed by atoms with van der Waals surface area (Å²) in [5.74, 6) is -1.65. The number of aryl methyl sites for hydroxylation is 1. The van der Waals surface area contributed by atoms with Crippen molar-refractivity contribution in [3.63, 3.8) is 0 Å². The molecule has 0 spiro atoms. The smallest absolute Gasteiger partial charge is 0.302 e. The van der Waals surface area contributed by atoms with Crippen LogP contribution in [0.3, 0.4) is 0 Å². The van der Waals surface area contributed by atoms with Crippen molar-refractivity contribution in [1.29, 1.82) is 0 Å². The van der Waals surface area contributed by atoms with E-state index in [1.54, 1.807) is 0 Å². The zero-order valence-electron chi connectivity index (χ0n) is 17.6. The van der Waals surface area contributed by atoms with Crippen LogP contribution < -0.4 is 16.6 Å². The Morgan fingerprint density at radius 1 is 1.15 bits per heavy atom. The third-order valence-corrected chi connectivity index (χ3v) is 5.89. The highest BCUT2D eigenvalue weighted by atomic mass is 32.1. The van der Waals surface area contributed by atoms with Gasteiger partial charge in [0.1, 0.15) is 5.82 Å². The molecule has 0 fully saturated rings. The zero-order chi connectivity index (χ0) is 24.8. The Balaban J connectivity index is 1.58. The molecular formula is C21H15F4N5O3S. The number of thiazole rings is 1. The second-order valence-electron chi connectivity index (χ2n) is 7.35. The summed E-state index contributed by atoms with van der Waals surface area (Å²) in [7, 11) is 2.80. The maximum absolute atomic E-state index is 14.2. The van der Waals surface area contributed by atoms with E-state index in [0.29, 0.717) is 6.07 Å². The number of fused-ring (bicyclic) bond motifs is 1. The number of amides is 1. The predicted octanol–water partition coefficient (Wildman–Crippen LogP) is 3.09. The molecule has 0 aliphatic heterocycles. The highest BCUT2D eigenvalue weighted by Crippen LogP contribution is 2.33. The van der Waals surface area contributed by atoms with Gasteiger partial charge in [-0.1, -0.05) is 0 Å². The van der Waals surface area contributed by atoms with Gasteiger partial charge in [-0.05, 0) is 23.8 Å². The van der Waals surface area contributed by atoms with Gasteiger partial charge in [0.25, 0.3) is 5.56 Å². The normalized spacial score (nSPS) is 11.7. The predicted molar refractivity (Wildman–Crippen MR) is 117 cm³/mol. The van der Waals surface area contributed by atoms with Crippen LogP contribution in [0, 0.1) is 5.82 Å². The Labute approximate surface area is 192 Å². The molecule has 8 nitrogen and oxygen atoms in total. The van der Waals surface area contributed by atoms with E-state index in [2.05, 4.69) is 15.3 Å². The molecule has 3 heterocycles. The number of halogens is 4. The summed E-state index contributed by atoms with van der Waals surface area (Å²) in [5, 5.41) is 4.17. The minimum Gasteiger partial charge on any atom is -0.302 e. The molecule has 34 heavy (non-hydrogen) atoms. The number of alkyl halides is 3. The molecule has 4 aromatic rings. The standard InChI is InChI=1S/C21H15F4N5O3S/c1-29-15-8-26-7-10(17(15)18(32)30(2)20(29)33)5-16(31)28-19-27-14(9-34-19)12-4-3-11(6-13(12)22)21(23,24)25/h3-4,6-9H,5H2,1-2H3,(H,27,28,31). The number of nitrogens with one attached hydrogen (secondary N) is 1. The molecular weight excluding hydrogens is 478 g/mol. The Bertz CT molecular complexity index is 1560. The maximum atomic E-state index is 14.2. The van der Waals surface area contributed by atoms with Gasteiger partial charge in [0.2, 0.25) is 5.91 Å². The summed E-state index contributed by atoms with van der Waals surface area (Å²) in [5.41, 5.74) is -1.76. The number of hydrogen-bond acceptors (Lipinski definition) is 6. The summed E-state index contributed by atoms with van der Waals surface area (Å²) in [6, 6.07) is 2.10. The lowest BCUT2D eigenvalue weighted by Crippen LogP contribution is -2.37. The molecule has 0 aliphatic rings. The minimum atomic E-state index is -4.68.